The lowest BCUT2D eigenvalue weighted by Crippen LogP contribution is -2.17. The first-order valence-electron chi connectivity index (χ1n) is 10.8. The molecule has 7 nitrogen and oxygen atoms in total. The highest BCUT2D eigenvalue weighted by molar-refractivity contribution is 9.10. The van der Waals surface area contributed by atoms with E-state index < -0.39 is 11.9 Å². The maximum atomic E-state index is 12.7. The van der Waals surface area contributed by atoms with Crippen LogP contribution in [0.25, 0.3) is 0 Å². The Kier molecular flexibility index (Phi) is 8.00. The van der Waals surface area contributed by atoms with Crippen LogP contribution in [0.5, 0.6) is 11.5 Å². The zero-order chi connectivity index (χ0) is 25.3. The minimum absolute atomic E-state index is 0.0244. The summed E-state index contributed by atoms with van der Waals surface area (Å²) in [6, 6.07) is 28.3. The summed E-state index contributed by atoms with van der Waals surface area (Å²) in [5, 5.41) is 3.97. The van der Waals surface area contributed by atoms with Crippen molar-refractivity contribution in [1.29, 1.82) is 0 Å². The summed E-state index contributed by atoms with van der Waals surface area (Å²) in [7, 11) is 0. The van der Waals surface area contributed by atoms with Gasteiger partial charge >= 0.3 is 11.9 Å². The van der Waals surface area contributed by atoms with Crippen LogP contribution in [0.1, 0.15) is 36.6 Å². The minimum Gasteiger partial charge on any atom is -0.419 e. The molecule has 0 saturated carbocycles. The number of hydrazone groups is 1. The average Bonchev–Trinajstić information content (AvgIpc) is 2.91. The Morgan fingerprint density at radius 3 is 1.81 bits per heavy atom. The number of hydrogen-bond acceptors (Lipinski definition) is 6. The number of carbonyl (C=O) groups excluding carboxylic acids is 3. The van der Waals surface area contributed by atoms with Crippen molar-refractivity contribution in [2.24, 2.45) is 5.10 Å². The molecule has 0 aromatic heterocycles. The number of ether oxygens (including phenoxy) is 2. The Labute approximate surface area is 215 Å². The minimum atomic E-state index is -0.620. The maximum absolute atomic E-state index is 12.7. The standard InChI is InChI=1S/C28H19BrN2O5/c29-23-14-12-20(13-15-23)26(32)31-30-18-19-11-16-24(35-27(33)21-7-3-1-4-8-21)25(17-19)36-28(34)22-9-5-2-6-10-22/h1-18H,(H,31,32). The smallest absolute Gasteiger partial charge is 0.343 e. The number of halogens is 1. The summed E-state index contributed by atoms with van der Waals surface area (Å²) >= 11 is 3.32. The third-order valence-electron chi connectivity index (χ3n) is 4.88. The summed E-state index contributed by atoms with van der Waals surface area (Å²) in [6.07, 6.45) is 1.39. The Morgan fingerprint density at radius 1 is 0.667 bits per heavy atom. The molecular formula is C28H19BrN2O5. The van der Waals surface area contributed by atoms with Gasteiger partial charge in [0.2, 0.25) is 0 Å². The maximum Gasteiger partial charge on any atom is 0.343 e. The van der Waals surface area contributed by atoms with E-state index in [9.17, 15) is 14.4 Å². The van der Waals surface area contributed by atoms with Crippen LogP contribution in [-0.4, -0.2) is 24.1 Å². The Morgan fingerprint density at radius 2 is 1.22 bits per heavy atom. The first-order valence-corrected chi connectivity index (χ1v) is 11.6. The number of amides is 1. The predicted octanol–water partition coefficient (Wildman–Crippen LogP) is 5.65. The largest absolute Gasteiger partial charge is 0.419 e. The van der Waals surface area contributed by atoms with Crippen LogP contribution in [0, 0.1) is 0 Å². The second-order valence-electron chi connectivity index (χ2n) is 7.42. The van der Waals surface area contributed by atoms with E-state index in [1.807, 2.05) is 0 Å². The van der Waals surface area contributed by atoms with E-state index in [4.69, 9.17) is 9.47 Å². The highest BCUT2D eigenvalue weighted by Crippen LogP contribution is 2.30. The van der Waals surface area contributed by atoms with Crippen molar-refractivity contribution < 1.29 is 23.9 Å². The topological polar surface area (TPSA) is 94.1 Å². The first kappa shape index (κ1) is 24.6. The number of nitrogens with one attached hydrogen (secondary N) is 1. The molecule has 1 amide bonds. The summed E-state index contributed by atoms with van der Waals surface area (Å²) < 4.78 is 11.9. The van der Waals surface area contributed by atoms with Crippen LogP contribution in [0.4, 0.5) is 0 Å². The first-order chi connectivity index (χ1) is 17.5. The van der Waals surface area contributed by atoms with E-state index in [-0.39, 0.29) is 17.4 Å². The molecule has 0 atom stereocenters. The number of benzene rings is 4. The molecule has 0 fully saturated rings. The molecule has 0 bridgehead atoms. The molecule has 0 radical (unpaired) electrons. The van der Waals surface area contributed by atoms with E-state index in [0.717, 1.165) is 4.47 Å². The van der Waals surface area contributed by atoms with Crippen LogP contribution in [0.3, 0.4) is 0 Å². The molecule has 0 saturated heterocycles. The number of carbonyl (C=O) groups is 3. The van der Waals surface area contributed by atoms with Gasteiger partial charge in [0.25, 0.3) is 5.91 Å². The van der Waals surface area contributed by atoms with E-state index in [0.29, 0.717) is 22.3 Å². The molecule has 0 aliphatic carbocycles. The Bertz CT molecular complexity index is 1410. The fraction of sp³-hybridized carbons (Fsp3) is 0. The van der Waals surface area contributed by atoms with Crippen LogP contribution in [-0.2, 0) is 0 Å². The fourth-order valence-electron chi connectivity index (χ4n) is 3.07. The number of esters is 2. The van der Waals surface area contributed by atoms with Gasteiger partial charge in [-0.15, -0.1) is 0 Å². The molecule has 178 valence electrons. The third-order valence-corrected chi connectivity index (χ3v) is 5.41. The molecular weight excluding hydrogens is 524 g/mol. The molecule has 1 N–H and O–H groups in total. The van der Waals surface area contributed by atoms with Gasteiger partial charge < -0.3 is 9.47 Å². The lowest BCUT2D eigenvalue weighted by atomic mass is 10.2. The number of nitrogens with zero attached hydrogens (tertiary/aromatic N) is 1. The van der Waals surface area contributed by atoms with Gasteiger partial charge in [-0.2, -0.15) is 5.10 Å². The molecule has 8 heteroatoms. The highest BCUT2D eigenvalue weighted by Gasteiger charge is 2.17. The van der Waals surface area contributed by atoms with Crippen molar-refractivity contribution in [3.8, 4) is 11.5 Å². The van der Waals surface area contributed by atoms with E-state index in [2.05, 4.69) is 26.5 Å². The SMILES string of the molecule is O=C(NN=Cc1ccc(OC(=O)c2ccccc2)c(OC(=O)c2ccccc2)c1)c1ccc(Br)cc1. The van der Waals surface area contributed by atoms with Crippen molar-refractivity contribution in [3.05, 3.63) is 130 Å². The molecule has 0 unspecified atom stereocenters. The summed E-state index contributed by atoms with van der Waals surface area (Å²) in [5.41, 5.74) is 4.06. The van der Waals surface area contributed by atoms with Gasteiger partial charge in [-0.1, -0.05) is 52.3 Å². The van der Waals surface area contributed by atoms with Gasteiger partial charge in [-0.25, -0.2) is 15.0 Å². The van der Waals surface area contributed by atoms with Gasteiger partial charge in [-0.3, -0.25) is 4.79 Å². The predicted molar refractivity (Wildman–Crippen MR) is 138 cm³/mol. The fourth-order valence-corrected chi connectivity index (χ4v) is 3.33. The quantitative estimate of drug-likeness (QED) is 0.141. The zero-order valence-electron chi connectivity index (χ0n) is 18.8. The van der Waals surface area contributed by atoms with Gasteiger partial charge in [0.05, 0.1) is 17.3 Å². The van der Waals surface area contributed by atoms with Gasteiger partial charge in [0.15, 0.2) is 11.5 Å². The molecule has 4 rings (SSSR count). The van der Waals surface area contributed by atoms with Crippen LogP contribution in [0.15, 0.2) is 113 Å². The second-order valence-corrected chi connectivity index (χ2v) is 8.34. The van der Waals surface area contributed by atoms with Gasteiger partial charge in [-0.05, 0) is 72.3 Å². The Balaban J connectivity index is 1.54. The van der Waals surface area contributed by atoms with Crippen LogP contribution in [0.2, 0.25) is 0 Å². The average molecular weight is 543 g/mol. The van der Waals surface area contributed by atoms with Gasteiger partial charge in [0.1, 0.15) is 0 Å². The summed E-state index contributed by atoms with van der Waals surface area (Å²) in [5.74, 6) is -1.52. The Hall–Kier alpha value is -4.56. The zero-order valence-corrected chi connectivity index (χ0v) is 20.3. The van der Waals surface area contributed by atoms with Crippen molar-refractivity contribution >= 4 is 40.0 Å². The van der Waals surface area contributed by atoms with Crippen molar-refractivity contribution in [3.63, 3.8) is 0 Å². The van der Waals surface area contributed by atoms with Crippen LogP contribution < -0.4 is 14.9 Å². The van der Waals surface area contributed by atoms with Crippen molar-refractivity contribution in [2.45, 2.75) is 0 Å². The normalized spacial score (nSPS) is 10.6. The van der Waals surface area contributed by atoms with E-state index in [1.54, 1.807) is 91.0 Å². The van der Waals surface area contributed by atoms with Gasteiger partial charge in [0, 0.05) is 10.0 Å². The van der Waals surface area contributed by atoms with Crippen LogP contribution >= 0.6 is 15.9 Å². The van der Waals surface area contributed by atoms with E-state index in [1.165, 1.54) is 18.3 Å². The molecule has 36 heavy (non-hydrogen) atoms. The monoisotopic (exact) mass is 542 g/mol. The highest BCUT2D eigenvalue weighted by atomic mass is 79.9. The molecule has 0 aliphatic heterocycles. The summed E-state index contributed by atoms with van der Waals surface area (Å²) in [6.45, 7) is 0. The number of rotatable bonds is 7. The molecule has 4 aromatic carbocycles. The second kappa shape index (κ2) is 11.7. The molecule has 0 heterocycles. The number of hydrogen-bond donors (Lipinski definition) is 1. The molecule has 0 spiro atoms. The summed E-state index contributed by atoms with van der Waals surface area (Å²) in [4.78, 5) is 37.5. The third kappa shape index (κ3) is 6.52. The van der Waals surface area contributed by atoms with Crippen molar-refractivity contribution in [2.75, 3.05) is 0 Å². The lowest BCUT2D eigenvalue weighted by molar-refractivity contribution is 0.0682. The molecule has 0 aliphatic rings. The van der Waals surface area contributed by atoms with Crippen molar-refractivity contribution in [1.82, 2.24) is 5.43 Å². The molecule has 4 aromatic rings. The van der Waals surface area contributed by atoms with E-state index >= 15 is 0 Å². The lowest BCUT2D eigenvalue weighted by Gasteiger charge is -2.11.